The van der Waals surface area contributed by atoms with Gasteiger partial charge in [-0.15, -0.1) is 0 Å². The van der Waals surface area contributed by atoms with Crippen LogP contribution in [0.15, 0.2) is 72.9 Å². The standard InChI is InChI=1S/C26H26N2O/c1-3-28-25-7-5-4-6-23(25)24-16-20(10-13-26(24)28)14-15-27(17-22-18-29-22)21-11-8-19(2)9-12-21/h4-16,22H,3,17-18H2,1-2H3. The number of hydrogen-bond acceptors (Lipinski definition) is 2. The van der Waals surface area contributed by atoms with Crippen LogP contribution in [-0.4, -0.2) is 23.8 Å². The summed E-state index contributed by atoms with van der Waals surface area (Å²) in [6.07, 6.45) is 4.73. The van der Waals surface area contributed by atoms with Crippen LogP contribution in [0.2, 0.25) is 0 Å². The fourth-order valence-corrected chi connectivity index (χ4v) is 4.07. The van der Waals surface area contributed by atoms with Crippen LogP contribution < -0.4 is 4.90 Å². The van der Waals surface area contributed by atoms with Crippen molar-refractivity contribution in [2.75, 3.05) is 18.1 Å². The number of fused-ring (bicyclic) bond motifs is 3. The Balaban J connectivity index is 1.51. The van der Waals surface area contributed by atoms with Crippen LogP contribution in [0.1, 0.15) is 18.1 Å². The normalized spacial score (nSPS) is 16.1. The van der Waals surface area contributed by atoms with E-state index in [4.69, 9.17) is 4.74 Å². The fraction of sp³-hybridized carbons (Fsp3) is 0.231. The van der Waals surface area contributed by atoms with E-state index in [1.165, 1.54) is 38.6 Å². The van der Waals surface area contributed by atoms with Crippen molar-refractivity contribution >= 4 is 33.6 Å². The van der Waals surface area contributed by atoms with E-state index in [1.807, 2.05) is 0 Å². The zero-order valence-electron chi connectivity index (χ0n) is 17.0. The van der Waals surface area contributed by atoms with E-state index in [0.717, 1.165) is 19.7 Å². The molecule has 0 saturated carbocycles. The van der Waals surface area contributed by atoms with Gasteiger partial charge in [0, 0.05) is 40.2 Å². The SMILES string of the molecule is CCn1c2ccccc2c2cc(C=CN(CC3CO3)c3ccc(C)cc3)ccc21. The van der Waals surface area contributed by atoms with Crippen molar-refractivity contribution in [1.82, 2.24) is 4.57 Å². The van der Waals surface area contributed by atoms with Crippen LogP contribution in [0.3, 0.4) is 0 Å². The molecule has 0 N–H and O–H groups in total. The van der Waals surface area contributed by atoms with Crippen LogP contribution in [0, 0.1) is 6.92 Å². The van der Waals surface area contributed by atoms with Crippen molar-refractivity contribution in [2.45, 2.75) is 26.5 Å². The lowest BCUT2D eigenvalue weighted by atomic mass is 10.1. The Bertz CT molecular complexity index is 1180. The number of nitrogens with zero attached hydrogens (tertiary/aromatic N) is 2. The van der Waals surface area contributed by atoms with Gasteiger partial charge in [-0.25, -0.2) is 0 Å². The molecule has 1 aromatic heterocycles. The summed E-state index contributed by atoms with van der Waals surface area (Å²) < 4.78 is 7.87. The lowest BCUT2D eigenvalue weighted by Crippen LogP contribution is -2.21. The molecule has 0 aliphatic carbocycles. The molecule has 0 amide bonds. The predicted molar refractivity (Wildman–Crippen MR) is 122 cm³/mol. The first-order chi connectivity index (χ1) is 14.2. The summed E-state index contributed by atoms with van der Waals surface area (Å²) in [7, 11) is 0. The Kier molecular flexibility index (Phi) is 4.61. The summed E-state index contributed by atoms with van der Waals surface area (Å²) in [5.41, 5.74) is 6.29. The number of benzene rings is 3. The molecule has 0 spiro atoms. The number of anilines is 1. The summed E-state index contributed by atoms with van der Waals surface area (Å²) in [5, 5.41) is 2.64. The smallest absolute Gasteiger partial charge is 0.0988 e. The minimum absolute atomic E-state index is 0.339. The van der Waals surface area contributed by atoms with Gasteiger partial charge in [0.25, 0.3) is 0 Å². The van der Waals surface area contributed by atoms with Crippen molar-refractivity contribution in [3.8, 4) is 0 Å². The molecule has 5 rings (SSSR count). The van der Waals surface area contributed by atoms with Gasteiger partial charge in [-0.1, -0.05) is 42.0 Å². The summed E-state index contributed by atoms with van der Waals surface area (Å²) in [6, 6.07) is 24.1. The van der Waals surface area contributed by atoms with Gasteiger partial charge in [0.2, 0.25) is 0 Å². The first-order valence-corrected chi connectivity index (χ1v) is 10.4. The van der Waals surface area contributed by atoms with E-state index < -0.39 is 0 Å². The van der Waals surface area contributed by atoms with Crippen LogP contribution >= 0.6 is 0 Å². The highest BCUT2D eigenvalue weighted by atomic mass is 16.6. The molecule has 0 radical (unpaired) electrons. The molecule has 1 saturated heterocycles. The van der Waals surface area contributed by atoms with Gasteiger partial charge in [-0.05, 0) is 55.8 Å². The predicted octanol–water partition coefficient (Wildman–Crippen LogP) is 6.00. The van der Waals surface area contributed by atoms with Crippen LogP contribution in [0.5, 0.6) is 0 Å². The quantitative estimate of drug-likeness (QED) is 0.381. The van der Waals surface area contributed by atoms with Crippen molar-refractivity contribution in [3.05, 3.63) is 84.1 Å². The molecule has 3 heteroatoms. The number of ether oxygens (including phenoxy) is 1. The summed E-state index contributed by atoms with van der Waals surface area (Å²) in [5.74, 6) is 0. The molecule has 1 unspecified atom stereocenters. The molecule has 3 aromatic carbocycles. The Morgan fingerprint density at radius 2 is 1.76 bits per heavy atom. The first kappa shape index (κ1) is 18.0. The third-order valence-electron chi connectivity index (χ3n) is 5.73. The van der Waals surface area contributed by atoms with Gasteiger partial charge >= 0.3 is 0 Å². The van der Waals surface area contributed by atoms with Gasteiger partial charge in [-0.2, -0.15) is 0 Å². The number of aryl methyl sites for hydroxylation is 2. The molecule has 1 atom stereocenters. The van der Waals surface area contributed by atoms with E-state index in [2.05, 4.69) is 102 Å². The number of para-hydroxylation sites is 1. The zero-order valence-corrected chi connectivity index (χ0v) is 17.0. The Morgan fingerprint density at radius 3 is 2.52 bits per heavy atom. The van der Waals surface area contributed by atoms with Crippen LogP contribution in [-0.2, 0) is 11.3 Å². The average Bonchev–Trinajstić information content (AvgIpc) is 3.52. The Hall–Kier alpha value is -3.04. The van der Waals surface area contributed by atoms with E-state index in [9.17, 15) is 0 Å². The maximum atomic E-state index is 5.48. The maximum absolute atomic E-state index is 5.48. The highest BCUT2D eigenvalue weighted by Gasteiger charge is 2.25. The monoisotopic (exact) mass is 382 g/mol. The highest BCUT2D eigenvalue weighted by molar-refractivity contribution is 6.08. The van der Waals surface area contributed by atoms with E-state index >= 15 is 0 Å². The van der Waals surface area contributed by atoms with Gasteiger partial charge in [-0.3, -0.25) is 0 Å². The average molecular weight is 383 g/mol. The lowest BCUT2D eigenvalue weighted by molar-refractivity contribution is 0.411. The van der Waals surface area contributed by atoms with Gasteiger partial charge in [0.05, 0.1) is 19.3 Å². The first-order valence-electron chi connectivity index (χ1n) is 10.4. The van der Waals surface area contributed by atoms with Gasteiger partial charge < -0.3 is 14.2 Å². The number of hydrogen-bond donors (Lipinski definition) is 0. The molecule has 4 aromatic rings. The third-order valence-corrected chi connectivity index (χ3v) is 5.73. The van der Waals surface area contributed by atoms with Crippen molar-refractivity contribution in [2.24, 2.45) is 0 Å². The van der Waals surface area contributed by atoms with Crippen LogP contribution in [0.4, 0.5) is 5.69 Å². The fourth-order valence-electron chi connectivity index (χ4n) is 4.07. The molecule has 1 aliphatic rings. The molecule has 1 fully saturated rings. The topological polar surface area (TPSA) is 20.7 Å². The maximum Gasteiger partial charge on any atom is 0.0988 e. The second-order valence-electron chi connectivity index (χ2n) is 7.80. The van der Waals surface area contributed by atoms with Crippen LogP contribution in [0.25, 0.3) is 27.9 Å². The lowest BCUT2D eigenvalue weighted by Gasteiger charge is -2.19. The molecule has 3 nitrogen and oxygen atoms in total. The van der Waals surface area contributed by atoms with Crippen molar-refractivity contribution < 1.29 is 4.74 Å². The molecular weight excluding hydrogens is 356 g/mol. The molecule has 146 valence electrons. The summed E-state index contributed by atoms with van der Waals surface area (Å²) >= 11 is 0. The van der Waals surface area contributed by atoms with Crippen molar-refractivity contribution in [3.63, 3.8) is 0 Å². The molecule has 0 bridgehead atoms. The van der Waals surface area contributed by atoms with E-state index in [0.29, 0.717) is 6.10 Å². The Labute approximate surface area is 171 Å². The summed E-state index contributed by atoms with van der Waals surface area (Å²) in [6.45, 7) is 7.05. The third kappa shape index (κ3) is 3.54. The summed E-state index contributed by atoms with van der Waals surface area (Å²) in [4.78, 5) is 2.29. The molecule has 29 heavy (non-hydrogen) atoms. The van der Waals surface area contributed by atoms with Gasteiger partial charge in [0.15, 0.2) is 0 Å². The second-order valence-corrected chi connectivity index (χ2v) is 7.80. The number of rotatable bonds is 6. The Morgan fingerprint density at radius 1 is 1.00 bits per heavy atom. The zero-order chi connectivity index (χ0) is 19.8. The second kappa shape index (κ2) is 7.41. The minimum atomic E-state index is 0.339. The highest BCUT2D eigenvalue weighted by Crippen LogP contribution is 2.30. The van der Waals surface area contributed by atoms with E-state index in [-0.39, 0.29) is 0 Å². The number of aromatic nitrogens is 1. The molecular formula is C26H26N2O. The number of epoxide rings is 1. The van der Waals surface area contributed by atoms with E-state index in [1.54, 1.807) is 0 Å². The minimum Gasteiger partial charge on any atom is -0.371 e. The molecule has 2 heterocycles. The largest absolute Gasteiger partial charge is 0.371 e. The van der Waals surface area contributed by atoms with Gasteiger partial charge in [0.1, 0.15) is 0 Å². The van der Waals surface area contributed by atoms with Crippen molar-refractivity contribution in [1.29, 1.82) is 0 Å². The molecule has 1 aliphatic heterocycles.